The lowest BCUT2D eigenvalue weighted by molar-refractivity contribution is -0.599. The number of aromatic nitrogens is 1. The van der Waals surface area contributed by atoms with Crippen LogP contribution in [0.25, 0.3) is 5.69 Å². The van der Waals surface area contributed by atoms with Crippen molar-refractivity contribution in [3.8, 4) is 11.8 Å². The number of amides is 1. The smallest absolute Gasteiger partial charge is 0.264 e. The van der Waals surface area contributed by atoms with E-state index in [0.29, 0.717) is 13.0 Å². The largest absolute Gasteiger partial charge is 0.337 e. The van der Waals surface area contributed by atoms with Crippen LogP contribution in [0.3, 0.4) is 0 Å². The van der Waals surface area contributed by atoms with Crippen molar-refractivity contribution < 1.29 is 22.3 Å². The van der Waals surface area contributed by atoms with Crippen molar-refractivity contribution in [2.24, 2.45) is 0 Å². The van der Waals surface area contributed by atoms with Crippen molar-refractivity contribution in [1.29, 1.82) is 5.26 Å². The zero-order valence-electron chi connectivity index (χ0n) is 17.5. The van der Waals surface area contributed by atoms with E-state index in [9.17, 15) is 13.2 Å². The number of carbonyl (C=O) groups is 1. The minimum Gasteiger partial charge on any atom is -0.337 e. The van der Waals surface area contributed by atoms with Crippen LogP contribution in [-0.2, 0) is 33.3 Å². The molecule has 0 unspecified atom stereocenters. The topological polar surface area (TPSA) is 102 Å². The van der Waals surface area contributed by atoms with Crippen LogP contribution in [0.2, 0.25) is 0 Å². The summed E-state index contributed by atoms with van der Waals surface area (Å²) < 4.78 is 33.0. The van der Waals surface area contributed by atoms with Gasteiger partial charge in [-0.25, -0.2) is 0 Å². The number of benzene rings is 1. The van der Waals surface area contributed by atoms with Gasteiger partial charge in [0.25, 0.3) is 10.1 Å². The number of pyridine rings is 1. The van der Waals surface area contributed by atoms with Crippen molar-refractivity contribution >= 4 is 27.6 Å². The quantitative estimate of drug-likeness (QED) is 0.369. The fraction of sp³-hybridized carbons (Fsp3) is 0.409. The molecule has 1 amide bonds. The maximum atomic E-state index is 12.3. The minimum absolute atomic E-state index is 0.126. The summed E-state index contributed by atoms with van der Waals surface area (Å²) in [6.45, 7) is 4.72. The van der Waals surface area contributed by atoms with E-state index >= 15 is 0 Å². The third-order valence-corrected chi connectivity index (χ3v) is 6.64. The van der Waals surface area contributed by atoms with Gasteiger partial charge in [-0.15, -0.1) is 11.6 Å². The molecular weight excluding hydrogens is 438 g/mol. The summed E-state index contributed by atoms with van der Waals surface area (Å²) in [5.74, 6) is -0.908. The van der Waals surface area contributed by atoms with Crippen LogP contribution in [0, 0.1) is 11.3 Å². The Morgan fingerprint density at radius 3 is 2.65 bits per heavy atom. The number of nitriles is 1. The number of hydrogen-bond donors (Lipinski definition) is 1. The Morgan fingerprint density at radius 2 is 2.00 bits per heavy atom. The molecule has 0 saturated heterocycles. The molecule has 1 aliphatic rings. The summed E-state index contributed by atoms with van der Waals surface area (Å²) in [6, 6.07) is 12.2. The van der Waals surface area contributed by atoms with Crippen molar-refractivity contribution in [3.63, 3.8) is 0 Å². The summed E-state index contributed by atoms with van der Waals surface area (Å²) in [7, 11) is -4.08. The van der Waals surface area contributed by atoms with Gasteiger partial charge in [-0.1, -0.05) is 6.07 Å². The molecule has 164 valence electrons. The van der Waals surface area contributed by atoms with Crippen LogP contribution in [0.5, 0.6) is 0 Å². The molecule has 1 aliphatic heterocycles. The third kappa shape index (κ3) is 5.06. The highest BCUT2D eigenvalue weighted by Crippen LogP contribution is 2.38. The van der Waals surface area contributed by atoms with Gasteiger partial charge in [0.2, 0.25) is 11.6 Å². The first-order valence-corrected chi connectivity index (χ1v) is 12.1. The minimum atomic E-state index is -4.08. The Bertz CT molecular complexity index is 1160. The standard InChI is InChI=1S/C22H24ClN3O4S/c1-22(2)18-12-17(15-25(21(27)14-23)9-3-11-31(28,29)30)4-5-19(18)26-10-7-16(6-8-24)13-20(22)26/h4-5,7,10,12-13H,3,6,9,11,14-15H2,1-2H3/p+1. The van der Waals surface area contributed by atoms with E-state index in [1.807, 2.05) is 24.4 Å². The highest BCUT2D eigenvalue weighted by atomic mass is 35.5. The zero-order valence-corrected chi connectivity index (χ0v) is 19.1. The third-order valence-electron chi connectivity index (χ3n) is 5.61. The monoisotopic (exact) mass is 462 g/mol. The van der Waals surface area contributed by atoms with E-state index in [1.165, 1.54) is 4.90 Å². The predicted octanol–water partition coefficient (Wildman–Crippen LogP) is 2.51. The van der Waals surface area contributed by atoms with Crippen LogP contribution in [0.15, 0.2) is 36.5 Å². The molecule has 31 heavy (non-hydrogen) atoms. The summed E-state index contributed by atoms with van der Waals surface area (Å²) in [5.41, 5.74) is 4.83. The molecule has 1 N–H and O–H groups in total. The van der Waals surface area contributed by atoms with Crippen LogP contribution < -0.4 is 4.57 Å². The molecule has 1 aromatic heterocycles. The number of alkyl halides is 1. The van der Waals surface area contributed by atoms with Gasteiger partial charge in [0.15, 0.2) is 11.9 Å². The van der Waals surface area contributed by atoms with E-state index in [2.05, 4.69) is 36.6 Å². The molecule has 3 rings (SSSR count). The normalized spacial score (nSPS) is 13.9. The van der Waals surface area contributed by atoms with E-state index in [4.69, 9.17) is 21.4 Å². The first-order valence-electron chi connectivity index (χ1n) is 9.91. The molecule has 0 saturated carbocycles. The molecule has 0 aliphatic carbocycles. The second-order valence-corrected chi connectivity index (χ2v) is 10.0. The number of hydrogen-bond acceptors (Lipinski definition) is 4. The van der Waals surface area contributed by atoms with Gasteiger partial charge < -0.3 is 4.90 Å². The number of rotatable bonds is 8. The molecule has 9 heteroatoms. The predicted molar refractivity (Wildman–Crippen MR) is 117 cm³/mol. The number of fused-ring (bicyclic) bond motifs is 3. The number of halogens is 1. The highest BCUT2D eigenvalue weighted by Gasteiger charge is 2.43. The van der Waals surface area contributed by atoms with Crippen LogP contribution in [-0.4, -0.2) is 42.0 Å². The van der Waals surface area contributed by atoms with Gasteiger partial charge in [-0.05, 0) is 37.5 Å². The second kappa shape index (κ2) is 8.95. The van der Waals surface area contributed by atoms with Crippen LogP contribution in [0.4, 0.5) is 0 Å². The summed E-state index contributed by atoms with van der Waals surface area (Å²) >= 11 is 5.74. The molecule has 0 bridgehead atoms. The molecule has 0 fully saturated rings. The van der Waals surface area contributed by atoms with E-state index in [0.717, 1.165) is 28.1 Å². The Labute approximate surface area is 187 Å². The van der Waals surface area contributed by atoms with Gasteiger partial charge >= 0.3 is 0 Å². The van der Waals surface area contributed by atoms with Crippen molar-refractivity contribution in [2.45, 2.75) is 38.6 Å². The Hall–Kier alpha value is -2.47. The average Bonchev–Trinajstić information content (AvgIpc) is 2.93. The average molecular weight is 463 g/mol. The maximum absolute atomic E-state index is 12.3. The van der Waals surface area contributed by atoms with Crippen molar-refractivity contribution in [3.05, 3.63) is 58.9 Å². The maximum Gasteiger partial charge on any atom is 0.264 e. The van der Waals surface area contributed by atoms with E-state index < -0.39 is 15.9 Å². The fourth-order valence-corrected chi connectivity index (χ4v) is 4.66. The lowest BCUT2D eigenvalue weighted by Crippen LogP contribution is -2.34. The molecule has 0 atom stereocenters. The molecule has 0 spiro atoms. The van der Waals surface area contributed by atoms with Crippen LogP contribution in [0.1, 0.15) is 42.7 Å². The zero-order chi connectivity index (χ0) is 22.8. The Kier molecular flexibility index (Phi) is 6.70. The van der Waals surface area contributed by atoms with Gasteiger partial charge in [-0.2, -0.15) is 18.2 Å². The van der Waals surface area contributed by atoms with Crippen molar-refractivity contribution in [1.82, 2.24) is 4.90 Å². The molecule has 2 aromatic rings. The number of nitrogens with zero attached hydrogens (tertiary/aromatic N) is 3. The fourth-order valence-electron chi connectivity index (χ4n) is 4.00. The van der Waals surface area contributed by atoms with Crippen LogP contribution >= 0.6 is 11.6 Å². The van der Waals surface area contributed by atoms with Gasteiger partial charge in [0, 0.05) is 36.9 Å². The number of carbonyl (C=O) groups excluding carboxylic acids is 1. The Morgan fingerprint density at radius 1 is 1.26 bits per heavy atom. The molecule has 2 heterocycles. The summed E-state index contributed by atoms with van der Waals surface area (Å²) in [6.07, 6.45) is 2.46. The first kappa shape index (κ1) is 23.2. The van der Waals surface area contributed by atoms with Gasteiger partial charge in [0.1, 0.15) is 5.88 Å². The lowest BCUT2D eigenvalue weighted by Gasteiger charge is -2.22. The lowest BCUT2D eigenvalue weighted by atomic mass is 9.82. The highest BCUT2D eigenvalue weighted by molar-refractivity contribution is 7.85. The van der Waals surface area contributed by atoms with Gasteiger partial charge in [-0.3, -0.25) is 9.35 Å². The van der Waals surface area contributed by atoms with Crippen molar-refractivity contribution in [2.75, 3.05) is 18.2 Å². The second-order valence-electron chi connectivity index (χ2n) is 8.19. The molecule has 7 nitrogen and oxygen atoms in total. The molecular formula is C22H25ClN3O4S+. The molecule has 0 radical (unpaired) electrons. The first-order chi connectivity index (χ1) is 14.6. The SMILES string of the molecule is CC1(C)c2cc(CN(CCCS(=O)(=O)O)C(=O)CCl)ccc2-[n+]2ccc(CC#N)cc21. The van der Waals surface area contributed by atoms with E-state index in [1.54, 1.807) is 0 Å². The van der Waals surface area contributed by atoms with E-state index in [-0.39, 0.29) is 30.2 Å². The summed E-state index contributed by atoms with van der Waals surface area (Å²) in [5, 5.41) is 9.02. The summed E-state index contributed by atoms with van der Waals surface area (Å²) in [4.78, 5) is 13.8. The molecule has 1 aromatic carbocycles. The Balaban J connectivity index is 1.87. The van der Waals surface area contributed by atoms with Gasteiger partial charge in [0.05, 0.1) is 23.7 Å².